The van der Waals surface area contributed by atoms with Crippen LogP contribution in [0.5, 0.6) is 0 Å². The molecule has 3 aromatic rings. The fourth-order valence-corrected chi connectivity index (χ4v) is 3.48. The molecular weight excluding hydrogens is 334 g/mol. The van der Waals surface area contributed by atoms with Crippen molar-refractivity contribution in [1.82, 2.24) is 25.1 Å². The Bertz CT molecular complexity index is 901. The van der Waals surface area contributed by atoms with E-state index < -0.39 is 0 Å². The molecule has 0 unspecified atom stereocenters. The third-order valence-electron chi connectivity index (χ3n) is 4.33. The van der Waals surface area contributed by atoms with Crippen molar-refractivity contribution in [2.75, 3.05) is 18.8 Å². The Balaban J connectivity index is 1.85. The second-order valence-electron chi connectivity index (χ2n) is 6.23. The zero-order valence-electron chi connectivity index (χ0n) is 15.0. The molecule has 0 aliphatic carbocycles. The van der Waals surface area contributed by atoms with E-state index in [2.05, 4.69) is 52.2 Å². The van der Waals surface area contributed by atoms with Crippen molar-refractivity contribution in [2.45, 2.75) is 38.8 Å². The number of rotatable bonds is 6. The van der Waals surface area contributed by atoms with Crippen molar-refractivity contribution in [3.05, 3.63) is 23.8 Å². The van der Waals surface area contributed by atoms with E-state index in [1.807, 2.05) is 13.8 Å². The average molecular weight is 357 g/mol. The first-order valence-corrected chi connectivity index (χ1v) is 9.58. The number of hydrogen-bond donors (Lipinski definition) is 1. The number of amides is 1. The van der Waals surface area contributed by atoms with Gasteiger partial charge in [0.25, 0.3) is 0 Å². The molecule has 0 bridgehead atoms. The van der Waals surface area contributed by atoms with Crippen LogP contribution in [-0.4, -0.2) is 49.8 Å². The van der Waals surface area contributed by atoms with Crippen LogP contribution in [0.3, 0.4) is 0 Å². The molecule has 6 nitrogen and oxygen atoms in total. The number of thioether (sulfide) groups is 1. The quantitative estimate of drug-likeness (QED) is 0.682. The van der Waals surface area contributed by atoms with E-state index in [1.54, 1.807) is 4.90 Å². The van der Waals surface area contributed by atoms with Crippen molar-refractivity contribution in [3.63, 3.8) is 0 Å². The van der Waals surface area contributed by atoms with Gasteiger partial charge in [-0.15, -0.1) is 10.2 Å². The van der Waals surface area contributed by atoms with Crippen LogP contribution in [0.4, 0.5) is 0 Å². The van der Waals surface area contributed by atoms with E-state index in [-0.39, 0.29) is 5.91 Å². The largest absolute Gasteiger partial charge is 0.343 e. The molecule has 1 aromatic carbocycles. The maximum absolute atomic E-state index is 12.1. The average Bonchev–Trinajstić information content (AvgIpc) is 2.97. The van der Waals surface area contributed by atoms with Crippen molar-refractivity contribution >= 4 is 39.7 Å². The molecule has 2 aromatic heterocycles. The Morgan fingerprint density at radius 2 is 2.00 bits per heavy atom. The van der Waals surface area contributed by atoms with Gasteiger partial charge in [0, 0.05) is 24.0 Å². The molecule has 7 heteroatoms. The van der Waals surface area contributed by atoms with Crippen LogP contribution in [-0.2, 0) is 4.79 Å². The van der Waals surface area contributed by atoms with Crippen LogP contribution in [0, 0.1) is 0 Å². The van der Waals surface area contributed by atoms with Crippen LogP contribution in [0.15, 0.2) is 23.4 Å². The molecule has 0 saturated heterocycles. The molecule has 1 amide bonds. The van der Waals surface area contributed by atoms with E-state index in [9.17, 15) is 4.79 Å². The Labute approximate surface area is 151 Å². The molecule has 0 aliphatic heterocycles. The molecule has 0 saturated carbocycles. The van der Waals surface area contributed by atoms with Gasteiger partial charge in [0.05, 0.1) is 5.75 Å². The highest BCUT2D eigenvalue weighted by Gasteiger charge is 2.14. The predicted molar refractivity (Wildman–Crippen MR) is 102 cm³/mol. The zero-order valence-corrected chi connectivity index (χ0v) is 15.9. The van der Waals surface area contributed by atoms with Gasteiger partial charge in [-0.1, -0.05) is 31.7 Å². The van der Waals surface area contributed by atoms with Crippen LogP contribution < -0.4 is 0 Å². The molecule has 3 rings (SSSR count). The molecule has 1 N–H and O–H groups in total. The molecule has 0 fully saturated rings. The number of carbonyl (C=O) groups is 1. The smallest absolute Gasteiger partial charge is 0.233 e. The van der Waals surface area contributed by atoms with E-state index in [4.69, 9.17) is 0 Å². The third kappa shape index (κ3) is 3.61. The van der Waals surface area contributed by atoms with Gasteiger partial charge in [0.1, 0.15) is 5.52 Å². The van der Waals surface area contributed by atoms with Crippen LogP contribution in [0.1, 0.15) is 39.2 Å². The molecule has 2 heterocycles. The van der Waals surface area contributed by atoms with Gasteiger partial charge < -0.3 is 9.88 Å². The third-order valence-corrected chi connectivity index (χ3v) is 5.15. The first-order chi connectivity index (χ1) is 12.0. The number of fused-ring (bicyclic) bond motifs is 3. The molecule has 0 radical (unpaired) electrons. The van der Waals surface area contributed by atoms with Crippen molar-refractivity contribution in [3.8, 4) is 0 Å². The van der Waals surface area contributed by atoms with Gasteiger partial charge in [-0.05, 0) is 37.5 Å². The molecule has 0 aliphatic rings. The Morgan fingerprint density at radius 3 is 2.68 bits per heavy atom. The minimum Gasteiger partial charge on any atom is -0.343 e. The number of benzene rings is 1. The first-order valence-electron chi connectivity index (χ1n) is 8.60. The Hall–Kier alpha value is -2.15. The molecule has 25 heavy (non-hydrogen) atoms. The Kier molecular flexibility index (Phi) is 5.22. The summed E-state index contributed by atoms with van der Waals surface area (Å²) >= 11 is 1.32. The Morgan fingerprint density at radius 1 is 1.24 bits per heavy atom. The highest BCUT2D eigenvalue weighted by atomic mass is 32.2. The lowest BCUT2D eigenvalue weighted by Gasteiger charge is -2.17. The second-order valence-corrected chi connectivity index (χ2v) is 7.17. The summed E-state index contributed by atoms with van der Waals surface area (Å²) in [5, 5.41) is 10.1. The fourth-order valence-electron chi connectivity index (χ4n) is 2.79. The fraction of sp³-hybridized carbons (Fsp3) is 0.444. The maximum atomic E-state index is 12.1. The standard InChI is InChI=1S/C18H23N5OS/c1-5-23(6-2)15(24)10-25-18-20-17-16(21-22-18)13-9-12(11(3)4)7-8-14(13)19-17/h7-9,11H,5-6,10H2,1-4H3,(H,19,20,22). The number of aromatic nitrogens is 4. The normalized spacial score (nSPS) is 11.6. The topological polar surface area (TPSA) is 74.8 Å². The maximum Gasteiger partial charge on any atom is 0.233 e. The number of aromatic amines is 1. The summed E-state index contributed by atoms with van der Waals surface area (Å²) in [5.41, 5.74) is 3.75. The van der Waals surface area contributed by atoms with Crippen LogP contribution in [0.2, 0.25) is 0 Å². The summed E-state index contributed by atoms with van der Waals surface area (Å²) in [6.45, 7) is 9.73. The number of nitrogens with one attached hydrogen (secondary N) is 1. The van der Waals surface area contributed by atoms with E-state index in [1.165, 1.54) is 17.3 Å². The lowest BCUT2D eigenvalue weighted by atomic mass is 10.0. The predicted octanol–water partition coefficient (Wildman–Crippen LogP) is 3.59. The van der Waals surface area contributed by atoms with Gasteiger partial charge in [0.2, 0.25) is 11.1 Å². The SMILES string of the molecule is CCN(CC)C(=O)CSc1nnc2c(n1)[nH]c1ccc(C(C)C)cc12. The van der Waals surface area contributed by atoms with E-state index in [0.29, 0.717) is 35.6 Å². The summed E-state index contributed by atoms with van der Waals surface area (Å²) in [6, 6.07) is 6.32. The molecule has 0 spiro atoms. The van der Waals surface area contributed by atoms with Crippen molar-refractivity contribution in [2.24, 2.45) is 0 Å². The highest BCUT2D eigenvalue weighted by Crippen LogP contribution is 2.27. The lowest BCUT2D eigenvalue weighted by molar-refractivity contribution is -0.127. The van der Waals surface area contributed by atoms with Gasteiger partial charge >= 0.3 is 0 Å². The minimum absolute atomic E-state index is 0.0944. The van der Waals surface area contributed by atoms with Crippen molar-refractivity contribution in [1.29, 1.82) is 0 Å². The zero-order chi connectivity index (χ0) is 18.0. The van der Waals surface area contributed by atoms with Gasteiger partial charge in [-0.3, -0.25) is 4.79 Å². The van der Waals surface area contributed by atoms with Crippen molar-refractivity contribution < 1.29 is 4.79 Å². The van der Waals surface area contributed by atoms with E-state index >= 15 is 0 Å². The molecule has 0 atom stereocenters. The van der Waals surface area contributed by atoms with Gasteiger partial charge in [-0.2, -0.15) is 0 Å². The second kappa shape index (κ2) is 7.39. The first kappa shape index (κ1) is 17.7. The number of carbonyl (C=O) groups excluding carboxylic acids is 1. The summed E-state index contributed by atoms with van der Waals surface area (Å²) < 4.78 is 0. The monoisotopic (exact) mass is 357 g/mol. The summed E-state index contributed by atoms with van der Waals surface area (Å²) in [7, 11) is 0. The summed E-state index contributed by atoms with van der Waals surface area (Å²) in [6.07, 6.45) is 0. The number of hydrogen-bond acceptors (Lipinski definition) is 5. The summed E-state index contributed by atoms with van der Waals surface area (Å²) in [5.74, 6) is 0.875. The number of H-pyrrole nitrogens is 1. The highest BCUT2D eigenvalue weighted by molar-refractivity contribution is 7.99. The summed E-state index contributed by atoms with van der Waals surface area (Å²) in [4.78, 5) is 21.7. The number of nitrogens with zero attached hydrogens (tertiary/aromatic N) is 4. The molecule has 132 valence electrons. The van der Waals surface area contributed by atoms with E-state index in [0.717, 1.165) is 16.4 Å². The van der Waals surface area contributed by atoms with Crippen LogP contribution in [0.25, 0.3) is 22.1 Å². The van der Waals surface area contributed by atoms with Gasteiger partial charge in [-0.25, -0.2) is 4.98 Å². The minimum atomic E-state index is 0.0944. The van der Waals surface area contributed by atoms with Gasteiger partial charge in [0.15, 0.2) is 5.65 Å². The van der Waals surface area contributed by atoms with Crippen LogP contribution >= 0.6 is 11.8 Å². The lowest BCUT2D eigenvalue weighted by Crippen LogP contribution is -2.31. The molecular formula is C18H23N5OS.